The smallest absolute Gasteiger partial charge is 0.264 e. The van der Waals surface area contributed by atoms with E-state index < -0.39 is 0 Å². The molecule has 5 heteroatoms. The third-order valence-electron chi connectivity index (χ3n) is 5.39. The van der Waals surface area contributed by atoms with Gasteiger partial charge in [-0.2, -0.15) is 0 Å². The second-order valence-electron chi connectivity index (χ2n) is 8.78. The lowest BCUT2D eigenvalue weighted by molar-refractivity contribution is -0.115. The van der Waals surface area contributed by atoms with E-state index in [0.29, 0.717) is 10.1 Å². The van der Waals surface area contributed by atoms with Crippen molar-refractivity contribution in [2.75, 3.05) is 0 Å². The van der Waals surface area contributed by atoms with E-state index in [1.165, 1.54) is 17.3 Å². The zero-order chi connectivity index (χ0) is 22.2. The number of hydrogen-bond acceptors (Lipinski definition) is 3. The molecule has 158 valence electrons. The molecule has 2 heterocycles. The number of rotatable bonds is 3. The van der Waals surface area contributed by atoms with Gasteiger partial charge in [0.05, 0.1) is 10.6 Å². The normalized spacial score (nSPS) is 16.9. The van der Waals surface area contributed by atoms with Gasteiger partial charge in [0.1, 0.15) is 0 Å². The van der Waals surface area contributed by atoms with Gasteiger partial charge in [-0.3, -0.25) is 4.79 Å². The Balaban J connectivity index is 1.62. The molecule has 1 amide bonds. The summed E-state index contributed by atoms with van der Waals surface area (Å²) in [7, 11) is 0. The number of benzene rings is 2. The van der Waals surface area contributed by atoms with E-state index in [2.05, 4.69) is 79.8 Å². The minimum absolute atomic E-state index is 0.112. The van der Waals surface area contributed by atoms with Crippen molar-refractivity contribution in [2.45, 2.75) is 40.0 Å². The van der Waals surface area contributed by atoms with Crippen molar-refractivity contribution in [3.05, 3.63) is 88.1 Å². The molecule has 0 radical (unpaired) electrons. The molecule has 0 unspecified atom stereocenters. The maximum Gasteiger partial charge on any atom is 0.264 e. The Labute approximate surface area is 188 Å². The number of amidine groups is 1. The van der Waals surface area contributed by atoms with Crippen LogP contribution in [0.5, 0.6) is 0 Å². The minimum Gasteiger partial charge on any atom is -0.318 e. The molecule has 0 aliphatic carbocycles. The van der Waals surface area contributed by atoms with Gasteiger partial charge < -0.3 is 9.88 Å². The third-order valence-corrected chi connectivity index (χ3v) is 6.30. The highest BCUT2D eigenvalue weighted by Gasteiger charge is 2.24. The number of carbonyl (C=O) groups excluding carboxylic acids is 1. The fourth-order valence-electron chi connectivity index (χ4n) is 3.68. The molecule has 1 aliphatic rings. The van der Waals surface area contributed by atoms with Crippen molar-refractivity contribution in [1.82, 2.24) is 9.88 Å². The second-order valence-corrected chi connectivity index (χ2v) is 9.81. The highest BCUT2D eigenvalue weighted by molar-refractivity contribution is 8.18. The molecule has 1 saturated heterocycles. The summed E-state index contributed by atoms with van der Waals surface area (Å²) >= 11 is 1.37. The molecular weight excluding hydrogens is 402 g/mol. The molecule has 31 heavy (non-hydrogen) atoms. The number of carbonyl (C=O) groups is 1. The van der Waals surface area contributed by atoms with Crippen LogP contribution in [0.15, 0.2) is 70.6 Å². The van der Waals surface area contributed by atoms with Crippen molar-refractivity contribution in [3.63, 3.8) is 0 Å². The van der Waals surface area contributed by atoms with Crippen LogP contribution in [0.4, 0.5) is 5.69 Å². The van der Waals surface area contributed by atoms with Gasteiger partial charge in [-0.1, -0.05) is 51.1 Å². The van der Waals surface area contributed by atoms with Gasteiger partial charge in [0.15, 0.2) is 5.17 Å². The van der Waals surface area contributed by atoms with Crippen molar-refractivity contribution >= 4 is 34.6 Å². The molecule has 1 aliphatic heterocycles. The maximum absolute atomic E-state index is 12.5. The molecule has 3 aromatic rings. The zero-order valence-corrected chi connectivity index (χ0v) is 19.4. The fourth-order valence-corrected chi connectivity index (χ4v) is 4.52. The number of thioether (sulfide) groups is 1. The molecule has 0 atom stereocenters. The first-order valence-corrected chi connectivity index (χ1v) is 11.2. The van der Waals surface area contributed by atoms with Gasteiger partial charge in [-0.15, -0.1) is 0 Å². The lowest BCUT2D eigenvalue weighted by Gasteiger charge is -2.20. The van der Waals surface area contributed by atoms with E-state index in [4.69, 9.17) is 0 Å². The summed E-state index contributed by atoms with van der Waals surface area (Å²) in [6.45, 7) is 10.8. The Morgan fingerprint density at radius 3 is 2.32 bits per heavy atom. The van der Waals surface area contributed by atoms with E-state index >= 15 is 0 Å². The van der Waals surface area contributed by atoms with Crippen LogP contribution in [0.3, 0.4) is 0 Å². The predicted molar refractivity (Wildman–Crippen MR) is 131 cm³/mol. The van der Waals surface area contributed by atoms with Gasteiger partial charge in [0, 0.05) is 17.1 Å². The standard InChI is InChI=1S/C26H27N3OS/c1-17-15-19(18(2)29(17)22-13-11-20(12-14-22)26(3,4)5)16-23-24(30)28-25(31-23)27-21-9-7-6-8-10-21/h6-16H,1-5H3,(H,27,28,30)/b23-16-. The van der Waals surface area contributed by atoms with E-state index in [9.17, 15) is 4.79 Å². The van der Waals surface area contributed by atoms with Crippen LogP contribution in [0.1, 0.15) is 43.3 Å². The number of para-hydroxylation sites is 1. The molecule has 2 aromatic carbocycles. The van der Waals surface area contributed by atoms with Crippen molar-refractivity contribution in [3.8, 4) is 5.69 Å². The first kappa shape index (κ1) is 21.2. The van der Waals surface area contributed by atoms with Gasteiger partial charge in [-0.25, -0.2) is 4.99 Å². The Kier molecular flexibility index (Phi) is 5.63. The molecule has 0 bridgehead atoms. The molecule has 4 rings (SSSR count). The largest absolute Gasteiger partial charge is 0.318 e. The van der Waals surface area contributed by atoms with Crippen LogP contribution in [0.25, 0.3) is 11.8 Å². The lowest BCUT2D eigenvalue weighted by Crippen LogP contribution is -2.19. The van der Waals surface area contributed by atoms with Crippen LogP contribution in [-0.4, -0.2) is 15.6 Å². The molecular formula is C26H27N3OS. The number of nitrogens with one attached hydrogen (secondary N) is 1. The molecule has 0 spiro atoms. The van der Waals surface area contributed by atoms with Gasteiger partial charge >= 0.3 is 0 Å². The highest BCUT2D eigenvalue weighted by Crippen LogP contribution is 2.31. The summed E-state index contributed by atoms with van der Waals surface area (Å²) in [5.74, 6) is -0.112. The molecule has 1 aromatic heterocycles. The Morgan fingerprint density at radius 2 is 1.68 bits per heavy atom. The molecule has 1 N–H and O–H groups in total. The van der Waals surface area contributed by atoms with Crippen molar-refractivity contribution < 1.29 is 4.79 Å². The van der Waals surface area contributed by atoms with Gasteiger partial charge in [-0.05, 0) is 78.6 Å². The molecule has 4 nitrogen and oxygen atoms in total. The van der Waals surface area contributed by atoms with Crippen LogP contribution in [0.2, 0.25) is 0 Å². The SMILES string of the molecule is Cc1cc(/C=C2\SC(=Nc3ccccc3)NC2=O)c(C)n1-c1ccc(C(C)(C)C)cc1. The Bertz CT molecular complexity index is 1180. The Morgan fingerprint density at radius 1 is 1.00 bits per heavy atom. The zero-order valence-electron chi connectivity index (χ0n) is 18.6. The monoisotopic (exact) mass is 429 g/mol. The number of hydrogen-bond donors (Lipinski definition) is 1. The number of aromatic nitrogens is 1. The van der Waals surface area contributed by atoms with Gasteiger partial charge in [0.25, 0.3) is 5.91 Å². The van der Waals surface area contributed by atoms with Crippen LogP contribution in [0, 0.1) is 13.8 Å². The summed E-state index contributed by atoms with van der Waals surface area (Å²) < 4.78 is 2.23. The number of amides is 1. The van der Waals surface area contributed by atoms with E-state index in [-0.39, 0.29) is 11.3 Å². The Hall–Kier alpha value is -3.05. The van der Waals surface area contributed by atoms with Crippen molar-refractivity contribution in [1.29, 1.82) is 0 Å². The van der Waals surface area contributed by atoms with E-state index in [0.717, 1.165) is 28.3 Å². The lowest BCUT2D eigenvalue weighted by atomic mass is 9.87. The third kappa shape index (κ3) is 4.52. The topological polar surface area (TPSA) is 46.4 Å². The van der Waals surface area contributed by atoms with Crippen molar-refractivity contribution in [2.24, 2.45) is 4.99 Å². The summed E-state index contributed by atoms with van der Waals surface area (Å²) in [4.78, 5) is 17.7. The summed E-state index contributed by atoms with van der Waals surface area (Å²) in [5, 5.41) is 3.47. The van der Waals surface area contributed by atoms with Crippen LogP contribution >= 0.6 is 11.8 Å². The van der Waals surface area contributed by atoms with E-state index in [1.807, 2.05) is 36.4 Å². The predicted octanol–water partition coefficient (Wildman–Crippen LogP) is 6.28. The second kappa shape index (κ2) is 8.23. The molecule has 0 saturated carbocycles. The average molecular weight is 430 g/mol. The van der Waals surface area contributed by atoms with E-state index in [1.54, 1.807) is 0 Å². The maximum atomic E-state index is 12.5. The molecule has 1 fully saturated rings. The van der Waals surface area contributed by atoms with Crippen LogP contribution in [-0.2, 0) is 10.2 Å². The number of aryl methyl sites for hydroxylation is 1. The summed E-state index contributed by atoms with van der Waals surface area (Å²) in [5.41, 5.74) is 6.66. The van der Waals surface area contributed by atoms with Crippen LogP contribution < -0.4 is 5.32 Å². The highest BCUT2D eigenvalue weighted by atomic mass is 32.2. The quantitative estimate of drug-likeness (QED) is 0.498. The minimum atomic E-state index is -0.112. The first-order valence-electron chi connectivity index (χ1n) is 10.4. The fraction of sp³-hybridized carbons (Fsp3) is 0.231. The summed E-state index contributed by atoms with van der Waals surface area (Å²) in [6, 6.07) is 20.5. The number of aliphatic imine (C=N–C) groups is 1. The number of nitrogens with zero attached hydrogens (tertiary/aromatic N) is 2. The van der Waals surface area contributed by atoms with Gasteiger partial charge in [0.2, 0.25) is 0 Å². The first-order chi connectivity index (χ1) is 14.7. The summed E-state index contributed by atoms with van der Waals surface area (Å²) in [6.07, 6.45) is 1.95. The average Bonchev–Trinajstić information content (AvgIpc) is 3.20.